The molecule has 2 aromatic rings. The number of carbonyl (C=O) groups is 2. The molecule has 0 unspecified atom stereocenters. The predicted octanol–water partition coefficient (Wildman–Crippen LogP) is 4.23. The van der Waals surface area contributed by atoms with Gasteiger partial charge in [0, 0.05) is 16.6 Å². The molecule has 1 saturated heterocycles. The number of ether oxygens (including phenoxy) is 2. The third kappa shape index (κ3) is 5.39. The minimum absolute atomic E-state index is 0.0680. The third-order valence-corrected chi connectivity index (χ3v) is 5.99. The molecule has 1 fully saturated rings. The van der Waals surface area contributed by atoms with Crippen molar-refractivity contribution in [3.8, 4) is 11.5 Å². The van der Waals surface area contributed by atoms with Crippen LogP contribution in [0.15, 0.2) is 52.5 Å². The minimum atomic E-state index is -0.736. The highest BCUT2D eigenvalue weighted by molar-refractivity contribution is 9.10. The molecule has 1 N–H and O–H groups in total. The number of amides is 1. The Bertz CT molecular complexity index is 1050. The number of aliphatic hydroxyl groups is 1. The Labute approximate surface area is 202 Å². The number of ketones is 1. The molecule has 7 nitrogen and oxygen atoms in total. The Hall–Kier alpha value is -2.84. The van der Waals surface area contributed by atoms with E-state index in [0.29, 0.717) is 42.2 Å². The van der Waals surface area contributed by atoms with Gasteiger partial charge in [-0.05, 0) is 63.8 Å². The number of benzene rings is 2. The summed E-state index contributed by atoms with van der Waals surface area (Å²) in [6.45, 7) is 3.49. The summed E-state index contributed by atoms with van der Waals surface area (Å²) in [6.07, 6.45) is 0.684. The number of halogens is 1. The molecule has 1 aliphatic heterocycles. The maximum atomic E-state index is 13.1. The largest absolute Gasteiger partial charge is 0.507 e. The SMILES string of the molecule is CCOc1ccc([C@H]2C(=C(O)c3ccc(Br)cc3)C(=O)C(=O)N2CCCN(C)C)cc1OC. The smallest absolute Gasteiger partial charge is 0.295 e. The summed E-state index contributed by atoms with van der Waals surface area (Å²) in [5.41, 5.74) is 1.20. The highest BCUT2D eigenvalue weighted by atomic mass is 79.9. The molecule has 1 aliphatic rings. The van der Waals surface area contributed by atoms with E-state index in [-0.39, 0.29) is 11.3 Å². The number of methoxy groups -OCH3 is 1. The van der Waals surface area contributed by atoms with Crippen molar-refractivity contribution in [2.45, 2.75) is 19.4 Å². The zero-order valence-corrected chi connectivity index (χ0v) is 20.9. The standard InChI is InChI=1S/C25H29BrN2O5/c1-5-33-19-12-9-17(15-20(19)32-4)22-21(23(29)16-7-10-18(26)11-8-16)24(30)25(31)28(22)14-6-13-27(2)3/h7-12,15,22,29H,5-6,13-14H2,1-4H3/t22-/m0/s1. The number of nitrogens with zero attached hydrogens (tertiary/aromatic N) is 2. The molecule has 3 rings (SSSR count). The Morgan fingerprint density at radius 2 is 1.82 bits per heavy atom. The number of likely N-dealkylation sites (tertiary alicyclic amines) is 1. The van der Waals surface area contributed by atoms with Gasteiger partial charge in [0.1, 0.15) is 5.76 Å². The maximum absolute atomic E-state index is 13.1. The summed E-state index contributed by atoms with van der Waals surface area (Å²) < 4.78 is 11.9. The van der Waals surface area contributed by atoms with Crippen molar-refractivity contribution in [1.29, 1.82) is 0 Å². The van der Waals surface area contributed by atoms with Crippen LogP contribution in [-0.2, 0) is 9.59 Å². The zero-order valence-electron chi connectivity index (χ0n) is 19.3. The Balaban J connectivity index is 2.12. The number of aliphatic hydroxyl groups excluding tert-OH is 1. The second kappa shape index (κ2) is 10.9. The summed E-state index contributed by atoms with van der Waals surface area (Å²) in [5, 5.41) is 11.1. The van der Waals surface area contributed by atoms with E-state index in [1.165, 1.54) is 12.0 Å². The molecule has 0 aliphatic carbocycles. The monoisotopic (exact) mass is 516 g/mol. The predicted molar refractivity (Wildman–Crippen MR) is 130 cm³/mol. The summed E-state index contributed by atoms with van der Waals surface area (Å²) in [6, 6.07) is 11.5. The van der Waals surface area contributed by atoms with Crippen LogP contribution < -0.4 is 9.47 Å². The minimum Gasteiger partial charge on any atom is -0.507 e. The van der Waals surface area contributed by atoms with E-state index in [9.17, 15) is 14.7 Å². The van der Waals surface area contributed by atoms with Gasteiger partial charge in [0.15, 0.2) is 11.5 Å². The van der Waals surface area contributed by atoms with Gasteiger partial charge >= 0.3 is 0 Å². The van der Waals surface area contributed by atoms with Crippen LogP contribution >= 0.6 is 15.9 Å². The maximum Gasteiger partial charge on any atom is 0.295 e. The van der Waals surface area contributed by atoms with E-state index < -0.39 is 17.7 Å². The summed E-state index contributed by atoms with van der Waals surface area (Å²) in [5.74, 6) is -0.449. The lowest BCUT2D eigenvalue weighted by molar-refractivity contribution is -0.139. The van der Waals surface area contributed by atoms with Crippen LogP contribution in [0.4, 0.5) is 0 Å². The molecule has 0 spiro atoms. The van der Waals surface area contributed by atoms with Crippen molar-refractivity contribution in [3.63, 3.8) is 0 Å². The molecule has 2 aromatic carbocycles. The molecule has 33 heavy (non-hydrogen) atoms. The van der Waals surface area contributed by atoms with Crippen LogP contribution in [-0.4, -0.2) is 67.5 Å². The van der Waals surface area contributed by atoms with Gasteiger partial charge in [-0.25, -0.2) is 0 Å². The second-order valence-electron chi connectivity index (χ2n) is 8.00. The van der Waals surface area contributed by atoms with Gasteiger partial charge in [-0.1, -0.05) is 34.1 Å². The molecule has 1 heterocycles. The number of carbonyl (C=O) groups excluding carboxylic acids is 2. The molecule has 0 saturated carbocycles. The first kappa shape index (κ1) is 24.8. The number of hydrogen-bond acceptors (Lipinski definition) is 6. The Morgan fingerprint density at radius 1 is 1.12 bits per heavy atom. The Kier molecular flexibility index (Phi) is 8.15. The van der Waals surface area contributed by atoms with Gasteiger partial charge in [-0.15, -0.1) is 0 Å². The van der Waals surface area contributed by atoms with E-state index >= 15 is 0 Å². The molecule has 0 bridgehead atoms. The van der Waals surface area contributed by atoms with Crippen molar-refractivity contribution in [1.82, 2.24) is 9.80 Å². The molecule has 1 atom stereocenters. The van der Waals surface area contributed by atoms with Crippen LogP contribution in [0.3, 0.4) is 0 Å². The molecule has 0 aromatic heterocycles. The average molecular weight is 517 g/mol. The molecular weight excluding hydrogens is 488 g/mol. The topological polar surface area (TPSA) is 79.3 Å². The fourth-order valence-electron chi connectivity index (χ4n) is 3.91. The first-order valence-corrected chi connectivity index (χ1v) is 11.6. The van der Waals surface area contributed by atoms with Crippen molar-refractivity contribution in [2.24, 2.45) is 0 Å². The lowest BCUT2D eigenvalue weighted by atomic mass is 9.95. The fourth-order valence-corrected chi connectivity index (χ4v) is 4.17. The van der Waals surface area contributed by atoms with Gasteiger partial charge in [-0.3, -0.25) is 9.59 Å². The number of hydrogen-bond donors (Lipinski definition) is 1. The zero-order chi connectivity index (χ0) is 24.1. The second-order valence-corrected chi connectivity index (χ2v) is 8.92. The van der Waals surface area contributed by atoms with E-state index in [0.717, 1.165) is 11.0 Å². The third-order valence-electron chi connectivity index (χ3n) is 5.47. The van der Waals surface area contributed by atoms with Gasteiger partial charge in [-0.2, -0.15) is 0 Å². The van der Waals surface area contributed by atoms with Crippen LogP contribution in [0.5, 0.6) is 11.5 Å². The van der Waals surface area contributed by atoms with Crippen molar-refractivity contribution in [2.75, 3.05) is 40.9 Å². The molecule has 8 heteroatoms. The lowest BCUT2D eigenvalue weighted by Gasteiger charge is -2.26. The van der Waals surface area contributed by atoms with Crippen molar-refractivity contribution < 1.29 is 24.2 Å². The summed E-state index contributed by atoms with van der Waals surface area (Å²) in [7, 11) is 5.45. The molecule has 176 valence electrons. The highest BCUT2D eigenvalue weighted by Crippen LogP contribution is 2.42. The molecular formula is C25H29BrN2O5. The first-order valence-electron chi connectivity index (χ1n) is 10.8. The van der Waals surface area contributed by atoms with Gasteiger partial charge in [0.25, 0.3) is 11.7 Å². The number of rotatable bonds is 9. The average Bonchev–Trinajstić information content (AvgIpc) is 3.04. The van der Waals surface area contributed by atoms with Crippen LogP contribution in [0.25, 0.3) is 5.76 Å². The van der Waals surface area contributed by atoms with Crippen molar-refractivity contribution >= 4 is 33.4 Å². The lowest BCUT2D eigenvalue weighted by Crippen LogP contribution is -2.32. The normalized spacial score (nSPS) is 17.6. The van der Waals surface area contributed by atoms with Crippen LogP contribution in [0.1, 0.15) is 30.5 Å². The van der Waals surface area contributed by atoms with Gasteiger partial charge in [0.05, 0.1) is 25.3 Å². The van der Waals surface area contributed by atoms with E-state index in [1.807, 2.05) is 25.9 Å². The molecule has 1 amide bonds. The van der Waals surface area contributed by atoms with Gasteiger partial charge in [0.2, 0.25) is 0 Å². The number of Topliss-reactive ketones (excluding diaryl/α,β-unsaturated/α-hetero) is 1. The molecule has 0 radical (unpaired) electrons. The highest BCUT2D eigenvalue weighted by Gasteiger charge is 2.46. The quantitative estimate of drug-likeness (QED) is 0.305. The van der Waals surface area contributed by atoms with E-state index in [4.69, 9.17) is 9.47 Å². The summed E-state index contributed by atoms with van der Waals surface area (Å²) >= 11 is 3.38. The first-order chi connectivity index (χ1) is 15.8. The van der Waals surface area contributed by atoms with E-state index in [2.05, 4.69) is 15.9 Å². The van der Waals surface area contributed by atoms with E-state index in [1.54, 1.807) is 42.5 Å². The summed E-state index contributed by atoms with van der Waals surface area (Å²) in [4.78, 5) is 29.7. The fraction of sp³-hybridized carbons (Fsp3) is 0.360. The Morgan fingerprint density at radius 3 is 2.42 bits per heavy atom. The van der Waals surface area contributed by atoms with Crippen molar-refractivity contribution in [3.05, 3.63) is 63.6 Å². The van der Waals surface area contributed by atoms with Gasteiger partial charge < -0.3 is 24.4 Å². The van der Waals surface area contributed by atoms with Crippen LogP contribution in [0.2, 0.25) is 0 Å². The van der Waals surface area contributed by atoms with Crippen LogP contribution in [0, 0.1) is 0 Å².